The van der Waals surface area contributed by atoms with E-state index in [4.69, 9.17) is 4.74 Å². The number of hydrogen-bond acceptors (Lipinski definition) is 4. The van der Waals surface area contributed by atoms with E-state index in [1.165, 1.54) is 4.31 Å². The molecule has 0 aromatic carbocycles. The van der Waals surface area contributed by atoms with Crippen LogP contribution in [0.3, 0.4) is 0 Å². The molecule has 1 fully saturated rings. The number of likely N-dealkylation sites (tertiary alicyclic amines) is 1. The predicted octanol–water partition coefficient (Wildman–Crippen LogP) is -0.651. The van der Waals surface area contributed by atoms with E-state index in [-0.39, 0.29) is 6.04 Å². The third-order valence-corrected chi connectivity index (χ3v) is 4.72. The molecular formula is C10H23N3O3S. The lowest BCUT2D eigenvalue weighted by atomic mass is 10.1. The Morgan fingerprint density at radius 1 is 1.47 bits per heavy atom. The zero-order valence-corrected chi connectivity index (χ0v) is 11.8. The Morgan fingerprint density at radius 2 is 2.12 bits per heavy atom. The number of rotatable bonds is 6. The second-order valence-corrected chi connectivity index (χ2v) is 6.55. The molecule has 1 aliphatic rings. The molecule has 0 aromatic rings. The highest BCUT2D eigenvalue weighted by atomic mass is 32.2. The van der Waals surface area contributed by atoms with E-state index >= 15 is 0 Å². The topological polar surface area (TPSA) is 61.9 Å². The molecule has 0 bridgehead atoms. The van der Waals surface area contributed by atoms with E-state index in [0.29, 0.717) is 19.1 Å². The van der Waals surface area contributed by atoms with Crippen molar-refractivity contribution in [2.45, 2.75) is 13.0 Å². The zero-order valence-electron chi connectivity index (χ0n) is 11.0. The smallest absolute Gasteiger partial charge is 0.279 e. The summed E-state index contributed by atoms with van der Waals surface area (Å²) in [6, 6.07) is -0.00463. The minimum absolute atomic E-state index is 0.00463. The highest BCUT2D eigenvalue weighted by Gasteiger charge is 2.31. The molecule has 7 heteroatoms. The molecule has 1 rings (SSSR count). The summed E-state index contributed by atoms with van der Waals surface area (Å²) in [5, 5.41) is 0. The van der Waals surface area contributed by atoms with Gasteiger partial charge in [0.05, 0.1) is 6.61 Å². The molecule has 0 unspecified atom stereocenters. The van der Waals surface area contributed by atoms with Gasteiger partial charge < -0.3 is 9.64 Å². The Bertz CT molecular complexity index is 334. The van der Waals surface area contributed by atoms with Crippen LogP contribution in [0.4, 0.5) is 0 Å². The molecule has 0 amide bonds. The van der Waals surface area contributed by atoms with Gasteiger partial charge in [-0.25, -0.2) is 0 Å². The maximum atomic E-state index is 12.0. The average Bonchev–Trinajstić information content (AvgIpc) is 2.53. The van der Waals surface area contributed by atoms with E-state index < -0.39 is 10.2 Å². The van der Waals surface area contributed by atoms with Crippen molar-refractivity contribution in [1.82, 2.24) is 13.9 Å². The first kappa shape index (κ1) is 14.8. The van der Waals surface area contributed by atoms with Crippen LogP contribution in [0.25, 0.3) is 0 Å². The van der Waals surface area contributed by atoms with Crippen LogP contribution in [0.5, 0.6) is 0 Å². The third-order valence-electron chi connectivity index (χ3n) is 3.12. The van der Waals surface area contributed by atoms with Gasteiger partial charge in [-0.1, -0.05) is 6.92 Å². The lowest BCUT2D eigenvalue weighted by Gasteiger charge is -2.22. The van der Waals surface area contributed by atoms with Crippen LogP contribution in [-0.4, -0.2) is 71.1 Å². The molecule has 1 N–H and O–H groups in total. The van der Waals surface area contributed by atoms with Crippen molar-refractivity contribution in [3.63, 3.8) is 0 Å². The minimum atomic E-state index is -3.40. The number of nitrogens with zero attached hydrogens (tertiary/aromatic N) is 2. The number of likely N-dealkylation sites (N-methyl/N-ethyl adjacent to an activating group) is 2. The maximum Gasteiger partial charge on any atom is 0.279 e. The molecule has 1 saturated heterocycles. The Hall–Kier alpha value is -0.210. The van der Waals surface area contributed by atoms with Gasteiger partial charge in [-0.3, -0.25) is 0 Å². The molecule has 6 nitrogen and oxygen atoms in total. The fraction of sp³-hybridized carbons (Fsp3) is 1.00. The first-order valence-electron chi connectivity index (χ1n) is 5.78. The normalized spacial score (nSPS) is 26.9. The molecule has 0 spiro atoms. The summed E-state index contributed by atoms with van der Waals surface area (Å²) < 4.78 is 32.9. The molecule has 0 radical (unpaired) electrons. The molecule has 0 aliphatic carbocycles. The lowest BCUT2D eigenvalue weighted by Crippen LogP contribution is -2.47. The van der Waals surface area contributed by atoms with E-state index in [9.17, 15) is 8.42 Å². The summed E-state index contributed by atoms with van der Waals surface area (Å²) in [7, 11) is 1.72. The van der Waals surface area contributed by atoms with Crippen molar-refractivity contribution in [3.05, 3.63) is 0 Å². The summed E-state index contributed by atoms with van der Waals surface area (Å²) in [6.45, 7) is 4.51. The van der Waals surface area contributed by atoms with Crippen molar-refractivity contribution in [3.8, 4) is 0 Å². The van der Waals surface area contributed by atoms with Crippen LogP contribution in [0.2, 0.25) is 0 Å². The Labute approximate surface area is 104 Å². The van der Waals surface area contributed by atoms with Crippen LogP contribution >= 0.6 is 0 Å². The maximum absolute atomic E-state index is 12.0. The van der Waals surface area contributed by atoms with Crippen LogP contribution in [0.15, 0.2) is 0 Å². The Morgan fingerprint density at radius 3 is 2.59 bits per heavy atom. The molecule has 102 valence electrons. The van der Waals surface area contributed by atoms with Gasteiger partial charge in [0.1, 0.15) is 0 Å². The fourth-order valence-electron chi connectivity index (χ4n) is 1.98. The molecule has 0 aromatic heterocycles. The van der Waals surface area contributed by atoms with Gasteiger partial charge in [0.2, 0.25) is 0 Å². The highest BCUT2D eigenvalue weighted by Crippen LogP contribution is 2.15. The molecule has 17 heavy (non-hydrogen) atoms. The quantitative estimate of drug-likeness (QED) is 0.693. The van der Waals surface area contributed by atoms with E-state index in [0.717, 1.165) is 13.1 Å². The zero-order chi connectivity index (χ0) is 13.1. The third kappa shape index (κ3) is 4.18. The van der Waals surface area contributed by atoms with Crippen LogP contribution in [0, 0.1) is 5.92 Å². The van der Waals surface area contributed by atoms with Crippen molar-refractivity contribution >= 4 is 10.2 Å². The number of hydrogen-bond donors (Lipinski definition) is 1. The second-order valence-electron chi connectivity index (χ2n) is 4.74. The molecule has 1 aliphatic heterocycles. The van der Waals surface area contributed by atoms with Gasteiger partial charge >= 0.3 is 0 Å². The first-order chi connectivity index (χ1) is 7.86. The predicted molar refractivity (Wildman–Crippen MR) is 67.0 cm³/mol. The number of ether oxygens (including phenoxy) is 1. The molecule has 0 saturated carbocycles. The van der Waals surface area contributed by atoms with Crippen molar-refractivity contribution in [1.29, 1.82) is 0 Å². The first-order valence-corrected chi connectivity index (χ1v) is 7.22. The summed E-state index contributed by atoms with van der Waals surface area (Å²) in [5.74, 6) is 0.339. The Kier molecular flexibility index (Phi) is 5.33. The van der Waals surface area contributed by atoms with Crippen LogP contribution < -0.4 is 4.72 Å². The largest absolute Gasteiger partial charge is 0.383 e. The number of nitrogens with one attached hydrogen (secondary N) is 1. The Balaban J connectivity index is 2.54. The summed E-state index contributed by atoms with van der Waals surface area (Å²) in [5.41, 5.74) is 0. The molecule has 2 atom stereocenters. The summed E-state index contributed by atoms with van der Waals surface area (Å²) >= 11 is 0. The monoisotopic (exact) mass is 265 g/mol. The molecular weight excluding hydrogens is 242 g/mol. The van der Waals surface area contributed by atoms with Gasteiger partial charge in [-0.15, -0.1) is 0 Å². The SMILES string of the molecule is COCCN(C)S(=O)(=O)N[C@H]1CN(C)C[C@H]1C. The van der Waals surface area contributed by atoms with Gasteiger partial charge in [0.15, 0.2) is 0 Å². The van der Waals surface area contributed by atoms with Crippen LogP contribution in [0.1, 0.15) is 6.92 Å². The van der Waals surface area contributed by atoms with Gasteiger partial charge in [-0.05, 0) is 13.0 Å². The van der Waals surface area contributed by atoms with Gasteiger partial charge in [0, 0.05) is 39.8 Å². The summed E-state index contributed by atoms with van der Waals surface area (Å²) in [4.78, 5) is 2.13. The number of methoxy groups -OCH3 is 1. The van der Waals surface area contributed by atoms with E-state index in [1.807, 2.05) is 7.05 Å². The van der Waals surface area contributed by atoms with Crippen molar-refractivity contribution in [2.75, 3.05) is 47.4 Å². The van der Waals surface area contributed by atoms with Gasteiger partial charge in [0.25, 0.3) is 10.2 Å². The fourth-order valence-corrected chi connectivity index (χ4v) is 3.17. The summed E-state index contributed by atoms with van der Waals surface area (Å²) in [6.07, 6.45) is 0. The molecule has 1 heterocycles. The van der Waals surface area contributed by atoms with Crippen LogP contribution in [-0.2, 0) is 14.9 Å². The standard InChI is InChI=1S/C10H23N3O3S/c1-9-7-12(2)8-10(9)11-17(14,15)13(3)5-6-16-4/h9-11H,5-8H2,1-4H3/t9-,10+/m1/s1. The van der Waals surface area contributed by atoms with Crippen molar-refractivity contribution in [2.24, 2.45) is 5.92 Å². The average molecular weight is 265 g/mol. The van der Waals surface area contributed by atoms with E-state index in [1.54, 1.807) is 14.2 Å². The van der Waals surface area contributed by atoms with Crippen molar-refractivity contribution < 1.29 is 13.2 Å². The lowest BCUT2D eigenvalue weighted by molar-refractivity contribution is 0.184. The minimum Gasteiger partial charge on any atom is -0.383 e. The second kappa shape index (κ2) is 6.10. The highest BCUT2D eigenvalue weighted by molar-refractivity contribution is 7.87. The van der Waals surface area contributed by atoms with Gasteiger partial charge in [-0.2, -0.15) is 17.4 Å². The van der Waals surface area contributed by atoms with E-state index in [2.05, 4.69) is 16.5 Å².